The van der Waals surface area contributed by atoms with Crippen molar-refractivity contribution >= 4 is 12.4 Å². The molecule has 2 nitrogen and oxygen atoms in total. The van der Waals surface area contributed by atoms with Gasteiger partial charge >= 0.3 is 0 Å². The van der Waals surface area contributed by atoms with Gasteiger partial charge in [-0.15, -0.1) is 12.4 Å². The maximum absolute atomic E-state index is 6.00. The van der Waals surface area contributed by atoms with Crippen LogP contribution in [0.15, 0.2) is 72.8 Å². The topological polar surface area (TPSA) is 35.2 Å². The van der Waals surface area contributed by atoms with Crippen LogP contribution in [-0.4, -0.2) is 0 Å². The van der Waals surface area contributed by atoms with E-state index >= 15 is 0 Å². The zero-order valence-electron chi connectivity index (χ0n) is 16.0. The molecule has 0 heterocycles. The van der Waals surface area contributed by atoms with Gasteiger partial charge in [0.25, 0.3) is 0 Å². The molecule has 0 unspecified atom stereocenters. The summed E-state index contributed by atoms with van der Waals surface area (Å²) in [7, 11) is 0. The fourth-order valence-electron chi connectivity index (χ4n) is 3.14. The zero-order valence-corrected chi connectivity index (χ0v) is 16.8. The van der Waals surface area contributed by atoms with E-state index in [1.54, 1.807) is 0 Å². The smallest absolute Gasteiger partial charge is 0.120 e. The third kappa shape index (κ3) is 5.85. The van der Waals surface area contributed by atoms with Crippen molar-refractivity contribution in [1.29, 1.82) is 0 Å². The Morgan fingerprint density at radius 2 is 1.56 bits per heavy atom. The van der Waals surface area contributed by atoms with E-state index in [0.717, 1.165) is 23.3 Å². The molecule has 0 spiro atoms. The Balaban J connectivity index is 0.00000261. The highest BCUT2D eigenvalue weighted by Gasteiger charge is 2.07. The molecule has 3 rings (SSSR count). The van der Waals surface area contributed by atoms with Crippen molar-refractivity contribution in [3.8, 4) is 16.9 Å². The highest BCUT2D eigenvalue weighted by atomic mass is 35.5. The number of nitrogens with two attached hydrogens (primary N) is 1. The summed E-state index contributed by atoms with van der Waals surface area (Å²) in [5, 5.41) is 0. The van der Waals surface area contributed by atoms with Crippen molar-refractivity contribution < 1.29 is 4.74 Å². The van der Waals surface area contributed by atoms with Gasteiger partial charge in [0, 0.05) is 6.54 Å². The van der Waals surface area contributed by atoms with Gasteiger partial charge in [0.05, 0.1) is 0 Å². The SMILES string of the molecule is CC(C)Cc1ccc(-c2ccc(OCc3ccccc3)cc2CN)cc1.Cl. The van der Waals surface area contributed by atoms with Crippen molar-refractivity contribution in [2.75, 3.05) is 0 Å². The van der Waals surface area contributed by atoms with Crippen LogP contribution in [0.5, 0.6) is 5.75 Å². The Kier molecular flexibility index (Phi) is 7.90. The monoisotopic (exact) mass is 381 g/mol. The summed E-state index contributed by atoms with van der Waals surface area (Å²) >= 11 is 0. The number of hydrogen-bond acceptors (Lipinski definition) is 2. The van der Waals surface area contributed by atoms with E-state index in [4.69, 9.17) is 10.5 Å². The molecule has 27 heavy (non-hydrogen) atoms. The largest absolute Gasteiger partial charge is 0.489 e. The van der Waals surface area contributed by atoms with Crippen LogP contribution in [0.25, 0.3) is 11.1 Å². The van der Waals surface area contributed by atoms with Gasteiger partial charge in [-0.2, -0.15) is 0 Å². The van der Waals surface area contributed by atoms with E-state index in [1.165, 1.54) is 16.7 Å². The third-order valence-electron chi connectivity index (χ3n) is 4.45. The van der Waals surface area contributed by atoms with Crippen LogP contribution >= 0.6 is 12.4 Å². The lowest BCUT2D eigenvalue weighted by molar-refractivity contribution is 0.306. The van der Waals surface area contributed by atoms with Crippen molar-refractivity contribution in [3.05, 3.63) is 89.5 Å². The standard InChI is InChI=1S/C24H27NO.ClH/c1-18(2)14-19-8-10-21(11-9-19)24-13-12-23(15-22(24)16-25)26-17-20-6-4-3-5-7-20;/h3-13,15,18H,14,16-17,25H2,1-2H3;1H. The first-order valence-electron chi connectivity index (χ1n) is 9.24. The fraction of sp³-hybridized carbons (Fsp3) is 0.250. The molecule has 2 N–H and O–H groups in total. The lowest BCUT2D eigenvalue weighted by atomic mass is 9.96. The summed E-state index contributed by atoms with van der Waals surface area (Å²) in [6.07, 6.45) is 1.11. The lowest BCUT2D eigenvalue weighted by Gasteiger charge is -2.13. The molecule has 0 amide bonds. The first-order chi connectivity index (χ1) is 12.7. The lowest BCUT2D eigenvalue weighted by Crippen LogP contribution is -2.01. The summed E-state index contributed by atoms with van der Waals surface area (Å²) in [6, 6.07) is 25.2. The Labute approximate surface area is 168 Å². The number of halogens is 1. The fourth-order valence-corrected chi connectivity index (χ4v) is 3.14. The van der Waals surface area contributed by atoms with Gasteiger partial charge in [0.15, 0.2) is 0 Å². The van der Waals surface area contributed by atoms with E-state index in [2.05, 4.69) is 62.4 Å². The maximum atomic E-state index is 6.00. The van der Waals surface area contributed by atoms with Gasteiger partial charge in [-0.3, -0.25) is 0 Å². The molecule has 0 aliphatic heterocycles. The summed E-state index contributed by atoms with van der Waals surface area (Å²) in [5.41, 5.74) is 12.0. The average Bonchev–Trinajstić information content (AvgIpc) is 2.67. The first-order valence-corrected chi connectivity index (χ1v) is 9.24. The van der Waals surface area contributed by atoms with Crippen LogP contribution in [0.1, 0.15) is 30.5 Å². The van der Waals surface area contributed by atoms with E-state index in [1.807, 2.05) is 24.3 Å². The number of ether oxygens (including phenoxy) is 1. The van der Waals surface area contributed by atoms with E-state index in [9.17, 15) is 0 Å². The third-order valence-corrected chi connectivity index (χ3v) is 4.45. The predicted molar refractivity (Wildman–Crippen MR) is 116 cm³/mol. The molecule has 0 radical (unpaired) electrons. The van der Waals surface area contributed by atoms with Gasteiger partial charge in [0.1, 0.15) is 12.4 Å². The molecule has 3 aromatic carbocycles. The first kappa shape index (κ1) is 21.0. The molecule has 3 heteroatoms. The summed E-state index contributed by atoms with van der Waals surface area (Å²) < 4.78 is 5.93. The summed E-state index contributed by atoms with van der Waals surface area (Å²) in [5.74, 6) is 1.52. The van der Waals surface area contributed by atoms with Crippen LogP contribution in [0, 0.1) is 5.92 Å². The zero-order chi connectivity index (χ0) is 18.4. The molecule has 0 saturated heterocycles. The molecule has 0 aliphatic rings. The van der Waals surface area contributed by atoms with Crippen LogP contribution in [0.2, 0.25) is 0 Å². The molecule has 0 atom stereocenters. The Bertz CT molecular complexity index is 829. The van der Waals surface area contributed by atoms with Gasteiger partial charge in [-0.1, -0.05) is 74.5 Å². The molecular weight excluding hydrogens is 354 g/mol. The molecule has 0 fully saturated rings. The second kappa shape index (κ2) is 10.1. The Morgan fingerprint density at radius 1 is 0.852 bits per heavy atom. The molecule has 0 bridgehead atoms. The summed E-state index contributed by atoms with van der Waals surface area (Å²) in [6.45, 7) is 5.54. The maximum Gasteiger partial charge on any atom is 0.120 e. The number of rotatable bonds is 7. The average molecular weight is 382 g/mol. The van der Waals surface area contributed by atoms with Crippen LogP contribution in [0.4, 0.5) is 0 Å². The van der Waals surface area contributed by atoms with Crippen molar-refractivity contribution in [2.24, 2.45) is 11.7 Å². The molecule has 0 saturated carbocycles. The van der Waals surface area contributed by atoms with E-state index < -0.39 is 0 Å². The highest BCUT2D eigenvalue weighted by molar-refractivity contribution is 5.85. The van der Waals surface area contributed by atoms with Crippen molar-refractivity contribution in [1.82, 2.24) is 0 Å². The van der Waals surface area contributed by atoms with Crippen molar-refractivity contribution in [2.45, 2.75) is 33.4 Å². The summed E-state index contributed by atoms with van der Waals surface area (Å²) in [4.78, 5) is 0. The second-order valence-electron chi connectivity index (χ2n) is 7.09. The molecule has 3 aromatic rings. The van der Waals surface area contributed by atoms with E-state index in [0.29, 0.717) is 19.1 Å². The highest BCUT2D eigenvalue weighted by Crippen LogP contribution is 2.28. The molecule has 142 valence electrons. The van der Waals surface area contributed by atoms with Gasteiger partial charge in [-0.05, 0) is 52.3 Å². The van der Waals surface area contributed by atoms with Crippen LogP contribution in [0.3, 0.4) is 0 Å². The predicted octanol–water partition coefficient (Wildman–Crippen LogP) is 6.01. The van der Waals surface area contributed by atoms with Gasteiger partial charge < -0.3 is 10.5 Å². The Hall–Kier alpha value is -2.29. The molecular formula is C24H28ClNO. The Morgan fingerprint density at radius 3 is 2.19 bits per heavy atom. The second-order valence-corrected chi connectivity index (χ2v) is 7.09. The number of hydrogen-bond donors (Lipinski definition) is 1. The minimum atomic E-state index is 0. The van der Waals surface area contributed by atoms with Gasteiger partial charge in [0.2, 0.25) is 0 Å². The normalized spacial score (nSPS) is 10.5. The van der Waals surface area contributed by atoms with Crippen LogP contribution in [-0.2, 0) is 19.6 Å². The minimum absolute atomic E-state index is 0. The number of benzene rings is 3. The molecule has 0 aromatic heterocycles. The van der Waals surface area contributed by atoms with Crippen LogP contribution < -0.4 is 10.5 Å². The quantitative estimate of drug-likeness (QED) is 0.543. The van der Waals surface area contributed by atoms with E-state index in [-0.39, 0.29) is 12.4 Å². The minimum Gasteiger partial charge on any atom is -0.489 e. The van der Waals surface area contributed by atoms with Gasteiger partial charge in [-0.25, -0.2) is 0 Å². The molecule has 0 aliphatic carbocycles. The van der Waals surface area contributed by atoms with Crippen molar-refractivity contribution in [3.63, 3.8) is 0 Å².